The zero-order valence-corrected chi connectivity index (χ0v) is 16.0. The summed E-state index contributed by atoms with van der Waals surface area (Å²) >= 11 is 3.40. The first-order chi connectivity index (χ1) is 12.5. The molecule has 0 aliphatic carbocycles. The Morgan fingerprint density at radius 1 is 1.38 bits per heavy atom. The molecule has 0 amide bonds. The Bertz CT molecular complexity index is 971. The van der Waals surface area contributed by atoms with E-state index in [0.717, 1.165) is 15.7 Å². The number of nitrogens with two attached hydrogens (primary N) is 1. The minimum Gasteiger partial charge on any atom is -0.440 e. The quantitative estimate of drug-likeness (QED) is 0.828. The van der Waals surface area contributed by atoms with E-state index in [1.165, 1.54) is 0 Å². The van der Waals surface area contributed by atoms with Gasteiger partial charge in [-0.3, -0.25) is 4.79 Å². The van der Waals surface area contributed by atoms with Crippen molar-refractivity contribution in [2.24, 2.45) is 5.73 Å². The number of aromatic nitrogens is 1. The molecule has 1 aromatic carbocycles. The molecule has 0 radical (unpaired) electrons. The molecule has 0 saturated heterocycles. The van der Waals surface area contributed by atoms with Crippen molar-refractivity contribution in [1.82, 2.24) is 4.57 Å². The van der Waals surface area contributed by atoms with Gasteiger partial charge < -0.3 is 19.8 Å². The monoisotopic (exact) mass is 415 g/mol. The van der Waals surface area contributed by atoms with E-state index in [9.17, 15) is 10.1 Å². The molecule has 1 aliphatic heterocycles. The number of pyridine rings is 1. The number of ether oxygens (including phenoxy) is 2. The van der Waals surface area contributed by atoms with Crippen LogP contribution in [0.2, 0.25) is 0 Å². The van der Waals surface area contributed by atoms with E-state index in [2.05, 4.69) is 22.0 Å². The molecule has 26 heavy (non-hydrogen) atoms. The number of nitrogens with zero attached hydrogens (tertiary/aromatic N) is 2. The molecule has 2 N–H and O–H groups in total. The molecule has 2 aromatic rings. The van der Waals surface area contributed by atoms with Crippen molar-refractivity contribution in [1.29, 1.82) is 5.26 Å². The molecule has 2 heterocycles. The average molecular weight is 416 g/mol. The van der Waals surface area contributed by atoms with E-state index < -0.39 is 5.92 Å². The molecule has 7 heteroatoms. The number of hydrogen-bond donors (Lipinski definition) is 1. The van der Waals surface area contributed by atoms with Crippen LogP contribution in [0.15, 0.2) is 51.1 Å². The predicted octanol–water partition coefficient (Wildman–Crippen LogP) is 2.78. The number of nitriles is 1. The maximum atomic E-state index is 13.2. The van der Waals surface area contributed by atoms with Crippen LogP contribution in [0.1, 0.15) is 22.7 Å². The van der Waals surface area contributed by atoms with Crippen LogP contribution in [0.4, 0.5) is 0 Å². The fourth-order valence-corrected chi connectivity index (χ4v) is 3.40. The standard InChI is InChI=1S/C19H18BrN3O3/c1-11-9-15-17(19(24)23(11)7-8-25-2)16(14(10-21)18(22)26-15)12-3-5-13(20)6-4-12/h3-6,9,16H,7-8,22H2,1-2H3/t16-/m1/s1. The Hall–Kier alpha value is -2.56. The molecule has 0 spiro atoms. The topological polar surface area (TPSA) is 90.3 Å². The van der Waals surface area contributed by atoms with Crippen LogP contribution in [-0.4, -0.2) is 18.3 Å². The molecule has 134 valence electrons. The van der Waals surface area contributed by atoms with E-state index in [0.29, 0.717) is 24.5 Å². The number of rotatable bonds is 4. The highest BCUT2D eigenvalue weighted by Crippen LogP contribution is 2.40. The second-order valence-corrected chi connectivity index (χ2v) is 6.91. The van der Waals surface area contributed by atoms with Gasteiger partial charge in [-0.05, 0) is 24.6 Å². The highest BCUT2D eigenvalue weighted by Gasteiger charge is 2.34. The van der Waals surface area contributed by atoms with E-state index in [-0.39, 0.29) is 17.0 Å². The van der Waals surface area contributed by atoms with E-state index in [4.69, 9.17) is 15.2 Å². The van der Waals surface area contributed by atoms with Crippen molar-refractivity contribution in [3.63, 3.8) is 0 Å². The number of halogens is 1. The predicted molar refractivity (Wildman–Crippen MR) is 101 cm³/mol. The molecule has 1 aromatic heterocycles. The molecule has 0 unspecified atom stereocenters. The third kappa shape index (κ3) is 3.14. The van der Waals surface area contributed by atoms with Crippen LogP contribution in [0.3, 0.4) is 0 Å². The number of hydrogen-bond acceptors (Lipinski definition) is 5. The van der Waals surface area contributed by atoms with Crippen LogP contribution in [-0.2, 0) is 11.3 Å². The smallest absolute Gasteiger partial charge is 0.258 e. The van der Waals surface area contributed by atoms with Gasteiger partial charge in [0.1, 0.15) is 17.4 Å². The molecular formula is C19H18BrN3O3. The summed E-state index contributed by atoms with van der Waals surface area (Å²) in [4.78, 5) is 13.2. The van der Waals surface area contributed by atoms with Crippen molar-refractivity contribution < 1.29 is 9.47 Å². The largest absolute Gasteiger partial charge is 0.440 e. The summed E-state index contributed by atoms with van der Waals surface area (Å²) in [5.74, 6) is -0.148. The van der Waals surface area contributed by atoms with Gasteiger partial charge in [-0.2, -0.15) is 5.26 Å². The maximum absolute atomic E-state index is 13.2. The Morgan fingerprint density at radius 2 is 2.08 bits per heavy atom. The van der Waals surface area contributed by atoms with Crippen LogP contribution >= 0.6 is 15.9 Å². The van der Waals surface area contributed by atoms with E-state index >= 15 is 0 Å². The Balaban J connectivity index is 2.25. The average Bonchev–Trinajstić information content (AvgIpc) is 2.61. The summed E-state index contributed by atoms with van der Waals surface area (Å²) in [6.07, 6.45) is 0. The first-order valence-electron chi connectivity index (χ1n) is 8.04. The van der Waals surface area contributed by atoms with E-state index in [1.54, 1.807) is 17.7 Å². The molecule has 1 aliphatic rings. The Morgan fingerprint density at radius 3 is 2.69 bits per heavy atom. The number of aryl methyl sites for hydroxylation is 1. The van der Waals surface area contributed by atoms with Crippen LogP contribution in [0.5, 0.6) is 5.75 Å². The van der Waals surface area contributed by atoms with Crippen LogP contribution in [0.25, 0.3) is 0 Å². The van der Waals surface area contributed by atoms with Crippen molar-refractivity contribution in [2.75, 3.05) is 13.7 Å². The summed E-state index contributed by atoms with van der Waals surface area (Å²) in [5.41, 5.74) is 7.97. The van der Waals surface area contributed by atoms with Crippen molar-refractivity contribution >= 4 is 15.9 Å². The van der Waals surface area contributed by atoms with Crippen LogP contribution < -0.4 is 16.0 Å². The lowest BCUT2D eigenvalue weighted by molar-refractivity contribution is 0.185. The minimum absolute atomic E-state index is 0.0290. The summed E-state index contributed by atoms with van der Waals surface area (Å²) in [6, 6.07) is 11.4. The molecule has 1 atom stereocenters. The third-order valence-electron chi connectivity index (χ3n) is 4.41. The SMILES string of the molecule is COCCn1c(C)cc2c(c1=O)[C@H](c1ccc(Br)cc1)C(C#N)=C(N)O2. The fraction of sp³-hybridized carbons (Fsp3) is 0.263. The lowest BCUT2D eigenvalue weighted by Crippen LogP contribution is -2.33. The second kappa shape index (κ2) is 7.36. The van der Waals surface area contributed by atoms with E-state index in [1.807, 2.05) is 31.2 Å². The maximum Gasteiger partial charge on any atom is 0.258 e. The summed E-state index contributed by atoms with van der Waals surface area (Å²) < 4.78 is 13.3. The first kappa shape index (κ1) is 18.2. The second-order valence-electron chi connectivity index (χ2n) is 5.99. The molecule has 0 saturated carbocycles. The zero-order chi connectivity index (χ0) is 18.8. The molecule has 0 fully saturated rings. The summed E-state index contributed by atoms with van der Waals surface area (Å²) in [6.45, 7) is 2.66. The van der Waals surface area contributed by atoms with Gasteiger partial charge >= 0.3 is 0 Å². The lowest BCUT2D eigenvalue weighted by Gasteiger charge is -2.27. The van der Waals surface area contributed by atoms with Gasteiger partial charge in [0.05, 0.1) is 18.1 Å². The van der Waals surface area contributed by atoms with Crippen molar-refractivity contribution in [2.45, 2.75) is 19.4 Å². The zero-order valence-electron chi connectivity index (χ0n) is 14.5. The number of methoxy groups -OCH3 is 1. The van der Waals surface area contributed by atoms with Crippen LogP contribution in [0, 0.1) is 18.3 Å². The van der Waals surface area contributed by atoms with Gasteiger partial charge in [-0.1, -0.05) is 28.1 Å². The fourth-order valence-electron chi connectivity index (χ4n) is 3.14. The van der Waals surface area contributed by atoms with Gasteiger partial charge in [0.15, 0.2) is 0 Å². The highest BCUT2D eigenvalue weighted by atomic mass is 79.9. The number of allylic oxidation sites excluding steroid dienone is 1. The van der Waals surface area contributed by atoms with Gasteiger partial charge in [-0.25, -0.2) is 0 Å². The Kier molecular flexibility index (Phi) is 5.16. The Labute approximate surface area is 159 Å². The summed E-state index contributed by atoms with van der Waals surface area (Å²) in [7, 11) is 1.59. The van der Waals surface area contributed by atoms with Gasteiger partial charge in [0, 0.05) is 29.9 Å². The lowest BCUT2D eigenvalue weighted by atomic mass is 9.84. The van der Waals surface area contributed by atoms with Gasteiger partial charge in [-0.15, -0.1) is 0 Å². The highest BCUT2D eigenvalue weighted by molar-refractivity contribution is 9.10. The third-order valence-corrected chi connectivity index (χ3v) is 4.94. The van der Waals surface area contributed by atoms with Crippen molar-refractivity contribution in [3.05, 3.63) is 73.4 Å². The van der Waals surface area contributed by atoms with Gasteiger partial charge in [0.2, 0.25) is 5.88 Å². The normalized spacial score (nSPS) is 16.0. The van der Waals surface area contributed by atoms with Gasteiger partial charge in [0.25, 0.3) is 5.56 Å². The molecular weight excluding hydrogens is 398 g/mol. The molecule has 3 rings (SSSR count). The van der Waals surface area contributed by atoms with Crippen molar-refractivity contribution in [3.8, 4) is 11.8 Å². The molecule has 0 bridgehead atoms. The summed E-state index contributed by atoms with van der Waals surface area (Å²) in [5, 5.41) is 9.62. The molecule has 6 nitrogen and oxygen atoms in total. The number of benzene rings is 1. The minimum atomic E-state index is -0.571. The number of fused-ring (bicyclic) bond motifs is 1. The first-order valence-corrected chi connectivity index (χ1v) is 8.83.